The zero-order valence-corrected chi connectivity index (χ0v) is 19.7. The van der Waals surface area contributed by atoms with E-state index in [0.717, 1.165) is 29.8 Å². The van der Waals surface area contributed by atoms with Gasteiger partial charge in [0.2, 0.25) is 5.91 Å². The molecule has 1 fully saturated rings. The molecule has 0 atom stereocenters. The molecule has 0 saturated carbocycles. The van der Waals surface area contributed by atoms with Crippen molar-refractivity contribution in [2.75, 3.05) is 23.3 Å². The monoisotopic (exact) mass is 421 g/mol. The molecule has 0 bridgehead atoms. The number of nitrogens with one attached hydrogen (secondary N) is 1. The summed E-state index contributed by atoms with van der Waals surface area (Å²) in [6, 6.07) is 12.2. The Morgan fingerprint density at radius 3 is 2.42 bits per heavy atom. The first-order valence-electron chi connectivity index (χ1n) is 11.1. The molecular weight excluding hydrogens is 386 g/mol. The summed E-state index contributed by atoms with van der Waals surface area (Å²) in [5, 5.41) is 3.05. The van der Waals surface area contributed by atoms with E-state index in [4.69, 9.17) is 0 Å². The summed E-state index contributed by atoms with van der Waals surface area (Å²) in [5.74, 6) is -0.0317. The van der Waals surface area contributed by atoms with Gasteiger partial charge in [0.15, 0.2) is 0 Å². The number of carbonyl (C=O) groups excluding carboxylic acids is 2. The molecule has 3 rings (SSSR count). The molecule has 3 amide bonds. The highest BCUT2D eigenvalue weighted by atomic mass is 16.2. The van der Waals surface area contributed by atoms with Crippen LogP contribution in [0.2, 0.25) is 0 Å². The van der Waals surface area contributed by atoms with Crippen LogP contribution in [0.3, 0.4) is 0 Å². The van der Waals surface area contributed by atoms with Crippen molar-refractivity contribution in [2.24, 2.45) is 5.41 Å². The van der Waals surface area contributed by atoms with E-state index in [0.29, 0.717) is 25.2 Å². The first-order chi connectivity index (χ1) is 14.5. The third kappa shape index (κ3) is 5.87. The molecule has 1 heterocycles. The summed E-state index contributed by atoms with van der Waals surface area (Å²) in [5.41, 5.74) is 6.05. The average Bonchev–Trinajstić information content (AvgIpc) is 2.65. The number of carbonyl (C=O) groups is 2. The van der Waals surface area contributed by atoms with Gasteiger partial charge in [0.25, 0.3) is 0 Å². The van der Waals surface area contributed by atoms with Gasteiger partial charge in [0.05, 0.1) is 11.4 Å². The van der Waals surface area contributed by atoms with Crippen molar-refractivity contribution in [1.82, 2.24) is 4.90 Å². The Balaban J connectivity index is 1.82. The fourth-order valence-corrected chi connectivity index (χ4v) is 3.94. The van der Waals surface area contributed by atoms with Gasteiger partial charge >= 0.3 is 6.03 Å². The van der Waals surface area contributed by atoms with Crippen LogP contribution in [0.4, 0.5) is 16.2 Å². The summed E-state index contributed by atoms with van der Waals surface area (Å²) in [6.45, 7) is 14.3. The Labute approximate surface area is 186 Å². The third-order valence-electron chi connectivity index (χ3n) is 5.66. The van der Waals surface area contributed by atoms with Crippen molar-refractivity contribution in [2.45, 2.75) is 60.9 Å². The van der Waals surface area contributed by atoms with Gasteiger partial charge in [0.1, 0.15) is 0 Å². The Morgan fingerprint density at radius 1 is 1.00 bits per heavy atom. The van der Waals surface area contributed by atoms with E-state index >= 15 is 0 Å². The number of hydrogen-bond donors (Lipinski definition) is 1. The molecular formula is C26H35N3O2. The smallest absolute Gasteiger partial charge is 0.324 e. The van der Waals surface area contributed by atoms with Gasteiger partial charge in [-0.05, 0) is 67.0 Å². The number of anilines is 2. The molecule has 2 aromatic carbocycles. The van der Waals surface area contributed by atoms with Crippen LogP contribution >= 0.6 is 0 Å². The van der Waals surface area contributed by atoms with Crippen molar-refractivity contribution in [3.05, 3.63) is 58.7 Å². The van der Waals surface area contributed by atoms with Crippen molar-refractivity contribution < 1.29 is 9.59 Å². The molecule has 0 spiro atoms. The van der Waals surface area contributed by atoms with Crippen LogP contribution in [0.15, 0.2) is 36.4 Å². The largest absolute Gasteiger partial charge is 0.324 e. The topological polar surface area (TPSA) is 52.6 Å². The minimum absolute atomic E-state index is 0.0142. The normalized spacial score (nSPS) is 14.7. The standard InChI is InChI=1S/C26H35N3O2/c1-18-8-11-23(22(14-18)27-24(30)16-26(4,5)6)29-13-7-12-28(25(29)31)17-21-10-9-19(2)20(3)15-21/h8-11,14-15H,7,12-13,16-17H2,1-6H3,(H,27,30). The van der Waals surface area contributed by atoms with E-state index in [-0.39, 0.29) is 17.4 Å². The Morgan fingerprint density at radius 2 is 1.74 bits per heavy atom. The fourth-order valence-electron chi connectivity index (χ4n) is 3.94. The summed E-state index contributed by atoms with van der Waals surface area (Å²) < 4.78 is 0. The van der Waals surface area contributed by atoms with Crippen molar-refractivity contribution in [3.8, 4) is 0 Å². The molecule has 2 aromatic rings. The summed E-state index contributed by atoms with van der Waals surface area (Å²) >= 11 is 0. The van der Waals surface area contributed by atoms with Crippen LogP contribution in [-0.2, 0) is 11.3 Å². The van der Waals surface area contributed by atoms with Crippen molar-refractivity contribution in [1.29, 1.82) is 0 Å². The minimum Gasteiger partial charge on any atom is -0.324 e. The lowest BCUT2D eigenvalue weighted by Gasteiger charge is -2.36. The van der Waals surface area contributed by atoms with Gasteiger partial charge in [-0.1, -0.05) is 45.0 Å². The van der Waals surface area contributed by atoms with Crippen LogP contribution in [0.1, 0.15) is 55.9 Å². The Kier molecular flexibility index (Phi) is 6.73. The summed E-state index contributed by atoms with van der Waals surface area (Å²) in [7, 11) is 0. The van der Waals surface area contributed by atoms with Gasteiger partial charge in [-0.3, -0.25) is 9.69 Å². The average molecular weight is 422 g/mol. The maximum atomic E-state index is 13.4. The summed E-state index contributed by atoms with van der Waals surface area (Å²) in [4.78, 5) is 29.7. The number of aryl methyl sites for hydroxylation is 3. The van der Waals surface area contributed by atoms with Gasteiger partial charge in [0, 0.05) is 26.1 Å². The second-order valence-corrected chi connectivity index (χ2v) is 9.93. The molecule has 5 nitrogen and oxygen atoms in total. The molecule has 1 saturated heterocycles. The van der Waals surface area contributed by atoms with Gasteiger partial charge in [-0.25, -0.2) is 4.79 Å². The molecule has 0 aromatic heterocycles. The highest BCUT2D eigenvalue weighted by Gasteiger charge is 2.29. The maximum absolute atomic E-state index is 13.4. The zero-order chi connectivity index (χ0) is 22.8. The zero-order valence-electron chi connectivity index (χ0n) is 19.7. The molecule has 0 unspecified atom stereocenters. The highest BCUT2D eigenvalue weighted by Crippen LogP contribution is 2.31. The number of benzene rings is 2. The molecule has 0 aliphatic carbocycles. The molecule has 5 heteroatoms. The van der Waals surface area contributed by atoms with E-state index in [2.05, 4.69) is 37.4 Å². The molecule has 166 valence electrons. The predicted molar refractivity (Wildman–Crippen MR) is 128 cm³/mol. The predicted octanol–water partition coefficient (Wildman–Crippen LogP) is 5.82. The SMILES string of the molecule is Cc1ccc(N2CCCN(Cc3ccc(C)c(C)c3)C2=O)c(NC(=O)CC(C)(C)C)c1. The van der Waals surface area contributed by atoms with Gasteiger partial charge in [-0.15, -0.1) is 0 Å². The van der Waals surface area contributed by atoms with Crippen LogP contribution in [-0.4, -0.2) is 29.9 Å². The van der Waals surface area contributed by atoms with E-state index in [1.807, 2.05) is 50.8 Å². The first kappa shape index (κ1) is 22.9. The maximum Gasteiger partial charge on any atom is 0.324 e. The first-order valence-corrected chi connectivity index (χ1v) is 11.1. The molecule has 1 aliphatic rings. The number of rotatable bonds is 5. The molecule has 1 aliphatic heterocycles. The van der Waals surface area contributed by atoms with Crippen molar-refractivity contribution in [3.63, 3.8) is 0 Å². The highest BCUT2D eigenvalue weighted by molar-refractivity contribution is 6.01. The van der Waals surface area contributed by atoms with Gasteiger partial charge < -0.3 is 10.2 Å². The van der Waals surface area contributed by atoms with E-state index in [1.165, 1.54) is 11.1 Å². The Bertz CT molecular complexity index is 975. The fraction of sp³-hybridized carbons (Fsp3) is 0.462. The number of amides is 3. The lowest BCUT2D eigenvalue weighted by molar-refractivity contribution is -0.117. The lowest BCUT2D eigenvalue weighted by atomic mass is 9.92. The minimum atomic E-state index is -0.0992. The van der Waals surface area contributed by atoms with E-state index in [1.54, 1.807) is 4.90 Å². The summed E-state index contributed by atoms with van der Waals surface area (Å²) in [6.07, 6.45) is 1.31. The molecule has 0 radical (unpaired) electrons. The van der Waals surface area contributed by atoms with Gasteiger partial charge in [-0.2, -0.15) is 0 Å². The van der Waals surface area contributed by atoms with Crippen molar-refractivity contribution >= 4 is 23.3 Å². The second kappa shape index (κ2) is 9.13. The number of hydrogen-bond acceptors (Lipinski definition) is 2. The quantitative estimate of drug-likeness (QED) is 0.661. The molecule has 1 N–H and O–H groups in total. The van der Waals surface area contributed by atoms with Crippen LogP contribution in [0, 0.1) is 26.2 Å². The second-order valence-electron chi connectivity index (χ2n) is 9.93. The van der Waals surface area contributed by atoms with Crippen LogP contribution < -0.4 is 10.2 Å². The van der Waals surface area contributed by atoms with Crippen LogP contribution in [0.25, 0.3) is 0 Å². The number of urea groups is 1. The number of nitrogens with zero attached hydrogens (tertiary/aromatic N) is 2. The van der Waals surface area contributed by atoms with E-state index in [9.17, 15) is 9.59 Å². The third-order valence-corrected chi connectivity index (χ3v) is 5.66. The van der Waals surface area contributed by atoms with E-state index < -0.39 is 0 Å². The lowest BCUT2D eigenvalue weighted by Crippen LogP contribution is -2.49. The molecule has 31 heavy (non-hydrogen) atoms. The van der Waals surface area contributed by atoms with Crippen LogP contribution in [0.5, 0.6) is 0 Å². The Hall–Kier alpha value is -2.82.